The van der Waals surface area contributed by atoms with Crippen molar-refractivity contribution >= 4 is 63.6 Å². The molecule has 0 saturated heterocycles. The Hall–Kier alpha value is -5.89. The van der Waals surface area contributed by atoms with Crippen molar-refractivity contribution in [3.8, 4) is 11.5 Å². The molecule has 58 heavy (non-hydrogen) atoms. The minimum absolute atomic E-state index is 0.0135. The molecule has 0 spiro atoms. The Morgan fingerprint density at radius 3 is 2.34 bits per heavy atom. The van der Waals surface area contributed by atoms with Gasteiger partial charge in [0.05, 0.1) is 31.6 Å². The van der Waals surface area contributed by atoms with Crippen molar-refractivity contribution in [3.05, 3.63) is 142 Å². The first-order valence-corrected chi connectivity index (χ1v) is 20.7. The highest BCUT2D eigenvalue weighted by atomic mass is 32.2. The molecular formula is C45H46N4O7S2. The van der Waals surface area contributed by atoms with Crippen molar-refractivity contribution in [3.63, 3.8) is 0 Å². The number of methoxy groups -OCH3 is 2. The van der Waals surface area contributed by atoms with Crippen LogP contribution in [0.25, 0.3) is 6.08 Å². The van der Waals surface area contributed by atoms with Crippen molar-refractivity contribution in [2.24, 2.45) is 0 Å². The molecule has 1 aliphatic rings. The van der Waals surface area contributed by atoms with Gasteiger partial charge in [-0.1, -0.05) is 61.5 Å². The molecular weight excluding hydrogens is 773 g/mol. The van der Waals surface area contributed by atoms with Crippen LogP contribution in [0.2, 0.25) is 0 Å². The Balaban J connectivity index is 1.18. The average Bonchev–Trinajstić information content (AvgIpc) is 3.60. The highest BCUT2D eigenvalue weighted by Crippen LogP contribution is 2.39. The fraction of sp³-hybridized carbons (Fsp3) is 0.244. The highest BCUT2D eigenvalue weighted by molar-refractivity contribution is 8.00. The van der Waals surface area contributed by atoms with Crippen LogP contribution in [0.4, 0.5) is 10.7 Å². The van der Waals surface area contributed by atoms with E-state index < -0.39 is 23.0 Å². The Morgan fingerprint density at radius 2 is 1.64 bits per heavy atom. The van der Waals surface area contributed by atoms with Gasteiger partial charge in [-0.3, -0.25) is 19.3 Å². The third-order valence-electron chi connectivity index (χ3n) is 9.40. The molecule has 5 aromatic rings. The molecule has 1 atom stereocenters. The minimum Gasteiger partial charge on any atom is -0.497 e. The van der Waals surface area contributed by atoms with Crippen molar-refractivity contribution < 1.29 is 33.4 Å². The lowest BCUT2D eigenvalue weighted by atomic mass is 10.0. The number of nitrogens with zero attached hydrogens (tertiary/aromatic N) is 1. The third kappa shape index (κ3) is 10.5. The average molecular weight is 819 g/mol. The van der Waals surface area contributed by atoms with E-state index in [1.165, 1.54) is 41.8 Å². The summed E-state index contributed by atoms with van der Waals surface area (Å²) < 4.78 is 16.3. The van der Waals surface area contributed by atoms with Crippen LogP contribution >= 0.6 is 23.1 Å². The maximum absolute atomic E-state index is 13.9. The van der Waals surface area contributed by atoms with Gasteiger partial charge in [0.25, 0.3) is 11.8 Å². The number of hydrogen-bond donors (Lipinski definition) is 3. The van der Waals surface area contributed by atoms with E-state index in [-0.39, 0.29) is 18.2 Å². The van der Waals surface area contributed by atoms with Crippen molar-refractivity contribution in [2.45, 2.75) is 49.9 Å². The molecule has 11 nitrogen and oxygen atoms in total. The first-order valence-electron chi connectivity index (χ1n) is 19.0. The summed E-state index contributed by atoms with van der Waals surface area (Å²) in [4.78, 5) is 58.4. The zero-order valence-electron chi connectivity index (χ0n) is 32.8. The fourth-order valence-corrected chi connectivity index (χ4v) is 8.79. The number of anilines is 2. The summed E-state index contributed by atoms with van der Waals surface area (Å²) >= 11 is 2.78. The topological polar surface area (TPSA) is 135 Å². The van der Waals surface area contributed by atoms with Gasteiger partial charge < -0.3 is 30.2 Å². The number of thioether (sulfide) groups is 1. The van der Waals surface area contributed by atoms with Gasteiger partial charge in [-0.2, -0.15) is 0 Å². The van der Waals surface area contributed by atoms with Gasteiger partial charge in [-0.15, -0.1) is 23.1 Å². The lowest BCUT2D eigenvalue weighted by molar-refractivity contribution is -0.116. The van der Waals surface area contributed by atoms with Crippen LogP contribution in [0.3, 0.4) is 0 Å². The summed E-state index contributed by atoms with van der Waals surface area (Å²) in [5, 5.41) is 8.73. The lowest BCUT2D eigenvalue weighted by Gasteiger charge is -2.27. The monoisotopic (exact) mass is 818 g/mol. The molecule has 0 aliphatic carbocycles. The number of hydrogen-bond acceptors (Lipinski definition) is 10. The van der Waals surface area contributed by atoms with Gasteiger partial charge in [0.2, 0.25) is 5.91 Å². The lowest BCUT2D eigenvalue weighted by Crippen LogP contribution is -2.30. The van der Waals surface area contributed by atoms with Crippen LogP contribution in [0.15, 0.2) is 114 Å². The van der Waals surface area contributed by atoms with Gasteiger partial charge in [-0.25, -0.2) is 4.79 Å². The van der Waals surface area contributed by atoms with Gasteiger partial charge in [-0.05, 0) is 79.4 Å². The number of nitrogens with one attached hydrogen (secondary N) is 3. The second-order valence-electron chi connectivity index (χ2n) is 13.3. The smallest absolute Gasteiger partial charge is 0.341 e. The Kier molecular flexibility index (Phi) is 14.4. The van der Waals surface area contributed by atoms with Gasteiger partial charge in [0.1, 0.15) is 22.2 Å². The van der Waals surface area contributed by atoms with Crippen LogP contribution in [0.5, 0.6) is 11.5 Å². The molecule has 13 heteroatoms. The molecule has 1 aromatic heterocycles. The van der Waals surface area contributed by atoms with E-state index in [0.717, 1.165) is 28.4 Å². The van der Waals surface area contributed by atoms with E-state index in [0.29, 0.717) is 58.3 Å². The maximum atomic E-state index is 13.9. The normalized spacial score (nSPS) is 13.1. The fourth-order valence-electron chi connectivity index (χ4n) is 6.50. The van der Waals surface area contributed by atoms with Crippen LogP contribution < -0.4 is 25.4 Å². The molecule has 300 valence electrons. The molecule has 6 rings (SSSR count). The number of carbonyl (C=O) groups is 4. The second kappa shape index (κ2) is 20.0. The van der Waals surface area contributed by atoms with Crippen LogP contribution in [-0.2, 0) is 33.8 Å². The summed E-state index contributed by atoms with van der Waals surface area (Å²) in [5.74, 6) is -0.684. The second-order valence-corrected chi connectivity index (χ2v) is 15.7. The van der Waals surface area contributed by atoms with Crippen molar-refractivity contribution in [1.82, 2.24) is 10.2 Å². The number of carbonyl (C=O) groups excluding carboxylic acids is 4. The van der Waals surface area contributed by atoms with E-state index in [1.807, 2.05) is 31.2 Å². The largest absolute Gasteiger partial charge is 0.497 e. The predicted octanol–water partition coefficient (Wildman–Crippen LogP) is 8.42. The maximum Gasteiger partial charge on any atom is 0.341 e. The summed E-state index contributed by atoms with van der Waals surface area (Å²) in [5.41, 5.74) is 3.97. The van der Waals surface area contributed by atoms with Crippen molar-refractivity contribution in [1.29, 1.82) is 0 Å². The van der Waals surface area contributed by atoms with Crippen LogP contribution in [-0.4, -0.2) is 61.2 Å². The number of amides is 3. The Morgan fingerprint density at radius 1 is 0.879 bits per heavy atom. The predicted molar refractivity (Wildman–Crippen MR) is 230 cm³/mol. The summed E-state index contributed by atoms with van der Waals surface area (Å²) in [6.45, 7) is 6.17. The Labute approximate surface area is 346 Å². The van der Waals surface area contributed by atoms with Gasteiger partial charge in [0.15, 0.2) is 0 Å². The quantitative estimate of drug-likeness (QED) is 0.0510. The van der Waals surface area contributed by atoms with E-state index in [4.69, 9.17) is 14.2 Å². The first kappa shape index (κ1) is 41.7. The molecule has 0 radical (unpaired) electrons. The highest BCUT2D eigenvalue weighted by Gasteiger charge is 2.31. The molecule has 0 saturated carbocycles. The number of ether oxygens (including phenoxy) is 3. The Bertz CT molecular complexity index is 2280. The van der Waals surface area contributed by atoms with Crippen LogP contribution in [0.1, 0.15) is 62.6 Å². The molecule has 0 bridgehead atoms. The molecule has 3 amide bonds. The minimum atomic E-state index is -0.565. The van der Waals surface area contributed by atoms with E-state index >= 15 is 0 Å². The van der Waals surface area contributed by atoms with E-state index in [9.17, 15) is 19.2 Å². The van der Waals surface area contributed by atoms with E-state index in [2.05, 4.69) is 33.0 Å². The summed E-state index contributed by atoms with van der Waals surface area (Å²) in [6.07, 6.45) is 2.71. The number of esters is 1. The van der Waals surface area contributed by atoms with E-state index in [1.54, 1.807) is 80.8 Å². The number of thiophene rings is 1. The standard InChI is InChI=1S/C45H46N4O7S2/c1-5-38(43(52)48-44-40(45(53)56-6-2)35-22-23-49(28-39(35)58-44)27-29-14-9-7-10-15-29)57-34-19-13-18-32(25-34)46-42(51)36(47-41(50)30-16-11-8-12-17-30)24-31-20-21-33(54-3)26-37(31)55-4/h7-21,24-26,38H,5-6,22-23,27-28H2,1-4H3,(H,46,51)(H,47,50)(H,48,52)/b36-24+. The molecule has 1 unspecified atom stereocenters. The number of fused-ring (bicyclic) bond motifs is 1. The summed E-state index contributed by atoms with van der Waals surface area (Å²) in [7, 11) is 3.05. The summed E-state index contributed by atoms with van der Waals surface area (Å²) in [6, 6.07) is 31.2. The zero-order valence-corrected chi connectivity index (χ0v) is 34.5. The van der Waals surface area contributed by atoms with Gasteiger partial charge in [0, 0.05) is 52.3 Å². The first-order chi connectivity index (χ1) is 28.2. The molecule has 3 N–H and O–H groups in total. The molecule has 0 fully saturated rings. The number of rotatable bonds is 16. The zero-order chi connectivity index (χ0) is 41.0. The van der Waals surface area contributed by atoms with Gasteiger partial charge >= 0.3 is 5.97 Å². The molecule has 4 aromatic carbocycles. The molecule has 1 aliphatic heterocycles. The van der Waals surface area contributed by atoms with Crippen LogP contribution in [0, 0.1) is 0 Å². The molecule has 2 heterocycles. The number of benzene rings is 4. The van der Waals surface area contributed by atoms with Crippen molar-refractivity contribution in [2.75, 3.05) is 38.0 Å². The third-order valence-corrected chi connectivity index (χ3v) is 11.9. The SMILES string of the molecule is CCOC(=O)c1c(NC(=O)C(CC)Sc2cccc(NC(=O)/C(=C\c3ccc(OC)cc3OC)NC(=O)c3ccccc3)c2)sc2c1CCN(Cc1ccccc1)C2.